The van der Waals surface area contributed by atoms with E-state index in [4.69, 9.17) is 14.2 Å². The maximum atomic E-state index is 5.75. The quantitative estimate of drug-likeness (QED) is 0.343. The number of ether oxygens (including phenoxy) is 3. The molecule has 1 aliphatic rings. The summed E-state index contributed by atoms with van der Waals surface area (Å²) in [7, 11) is 1.78. The van der Waals surface area contributed by atoms with Gasteiger partial charge in [-0.1, -0.05) is 13.8 Å². The van der Waals surface area contributed by atoms with Gasteiger partial charge in [0.15, 0.2) is 5.96 Å². The first-order valence-corrected chi connectivity index (χ1v) is 8.90. The highest BCUT2D eigenvalue weighted by Gasteiger charge is 2.13. The highest BCUT2D eigenvalue weighted by Crippen LogP contribution is 2.14. The topological polar surface area (TPSA) is 64.1 Å². The van der Waals surface area contributed by atoms with Crippen molar-refractivity contribution in [2.24, 2.45) is 16.8 Å². The molecule has 1 aliphatic heterocycles. The first-order valence-electron chi connectivity index (χ1n) is 8.90. The average Bonchev–Trinajstić information content (AvgIpc) is 2.56. The molecule has 0 aromatic rings. The van der Waals surface area contributed by atoms with Gasteiger partial charge >= 0.3 is 0 Å². The van der Waals surface area contributed by atoms with Gasteiger partial charge in [0, 0.05) is 53.2 Å². The highest BCUT2D eigenvalue weighted by atomic mass is 16.5. The van der Waals surface area contributed by atoms with E-state index < -0.39 is 0 Å². The molecular weight excluding hydrogens is 294 g/mol. The van der Waals surface area contributed by atoms with Crippen molar-refractivity contribution in [3.8, 4) is 0 Å². The van der Waals surface area contributed by atoms with E-state index in [1.165, 1.54) is 0 Å². The van der Waals surface area contributed by atoms with Crippen LogP contribution in [0.5, 0.6) is 0 Å². The third-order valence-corrected chi connectivity index (χ3v) is 3.67. The Bertz CT molecular complexity index is 305. The summed E-state index contributed by atoms with van der Waals surface area (Å²) in [5, 5.41) is 6.54. The molecule has 0 amide bonds. The zero-order valence-corrected chi connectivity index (χ0v) is 15.1. The molecule has 0 aliphatic carbocycles. The van der Waals surface area contributed by atoms with E-state index in [1.807, 2.05) is 0 Å². The number of rotatable bonds is 11. The van der Waals surface area contributed by atoms with Gasteiger partial charge in [-0.15, -0.1) is 0 Å². The van der Waals surface area contributed by atoms with Gasteiger partial charge in [0.2, 0.25) is 0 Å². The molecule has 6 heteroatoms. The Kier molecular flexibility index (Phi) is 11.9. The zero-order chi connectivity index (χ0) is 16.8. The van der Waals surface area contributed by atoms with Gasteiger partial charge in [-0.25, -0.2) is 0 Å². The van der Waals surface area contributed by atoms with Crippen molar-refractivity contribution in [2.45, 2.75) is 33.1 Å². The molecule has 6 nitrogen and oxygen atoms in total. The lowest BCUT2D eigenvalue weighted by Crippen LogP contribution is -2.39. The number of hydrogen-bond acceptors (Lipinski definition) is 4. The second-order valence-corrected chi connectivity index (χ2v) is 6.38. The normalized spacial score (nSPS) is 16.8. The minimum Gasteiger partial charge on any atom is -0.381 e. The molecule has 0 aromatic carbocycles. The van der Waals surface area contributed by atoms with E-state index in [2.05, 4.69) is 29.5 Å². The van der Waals surface area contributed by atoms with Gasteiger partial charge in [-0.05, 0) is 31.1 Å². The van der Waals surface area contributed by atoms with E-state index >= 15 is 0 Å². The molecule has 0 radical (unpaired) electrons. The average molecular weight is 329 g/mol. The third kappa shape index (κ3) is 11.3. The first kappa shape index (κ1) is 20.2. The summed E-state index contributed by atoms with van der Waals surface area (Å²) in [4.78, 5) is 4.20. The smallest absolute Gasteiger partial charge is 0.191 e. The molecule has 1 saturated heterocycles. The van der Waals surface area contributed by atoms with Crippen molar-refractivity contribution in [1.29, 1.82) is 0 Å². The molecule has 0 saturated carbocycles. The molecular formula is C17H35N3O3. The summed E-state index contributed by atoms with van der Waals surface area (Å²) >= 11 is 0. The number of aliphatic imine (C=N–C) groups is 1. The van der Waals surface area contributed by atoms with E-state index in [9.17, 15) is 0 Å². The molecule has 0 bridgehead atoms. The second kappa shape index (κ2) is 13.6. The molecule has 1 rings (SSSR count). The standard InChI is InChI=1S/C17H35N3O3/c1-15(2)13-23-12-8-20-17(18-3)19-7-4-9-22-14-16-5-10-21-11-6-16/h15-16H,4-14H2,1-3H3,(H2,18,19,20). The first-order chi connectivity index (χ1) is 11.2. The van der Waals surface area contributed by atoms with E-state index in [0.717, 1.165) is 71.3 Å². The van der Waals surface area contributed by atoms with Crippen molar-refractivity contribution < 1.29 is 14.2 Å². The summed E-state index contributed by atoms with van der Waals surface area (Å²) in [5.41, 5.74) is 0. The Labute approximate surface area is 141 Å². The third-order valence-electron chi connectivity index (χ3n) is 3.67. The predicted molar refractivity (Wildman–Crippen MR) is 94.0 cm³/mol. The fraction of sp³-hybridized carbons (Fsp3) is 0.941. The van der Waals surface area contributed by atoms with Crippen LogP contribution in [0, 0.1) is 11.8 Å². The van der Waals surface area contributed by atoms with E-state index in [1.54, 1.807) is 7.05 Å². The molecule has 0 aromatic heterocycles. The molecule has 0 unspecified atom stereocenters. The van der Waals surface area contributed by atoms with Crippen molar-refractivity contribution >= 4 is 5.96 Å². The molecule has 0 atom stereocenters. The Morgan fingerprint density at radius 2 is 1.87 bits per heavy atom. The molecule has 1 fully saturated rings. The van der Waals surface area contributed by atoms with Crippen molar-refractivity contribution in [3.05, 3.63) is 0 Å². The lowest BCUT2D eigenvalue weighted by Gasteiger charge is -2.21. The Hall–Kier alpha value is -0.850. The Morgan fingerprint density at radius 3 is 2.57 bits per heavy atom. The lowest BCUT2D eigenvalue weighted by molar-refractivity contribution is 0.0203. The summed E-state index contributed by atoms with van der Waals surface area (Å²) in [6, 6.07) is 0. The van der Waals surface area contributed by atoms with Crippen molar-refractivity contribution in [3.63, 3.8) is 0 Å². The van der Waals surface area contributed by atoms with Crippen LogP contribution >= 0.6 is 0 Å². The van der Waals surface area contributed by atoms with Gasteiger partial charge in [-0.3, -0.25) is 4.99 Å². The summed E-state index contributed by atoms with van der Waals surface area (Å²) in [5.74, 6) is 2.08. The van der Waals surface area contributed by atoms with Gasteiger partial charge in [0.25, 0.3) is 0 Å². The molecule has 1 heterocycles. The van der Waals surface area contributed by atoms with Crippen molar-refractivity contribution in [2.75, 3.05) is 59.8 Å². The molecule has 2 N–H and O–H groups in total. The van der Waals surface area contributed by atoms with Crippen LogP contribution in [0.15, 0.2) is 4.99 Å². The maximum Gasteiger partial charge on any atom is 0.191 e. The molecule has 23 heavy (non-hydrogen) atoms. The molecule has 136 valence electrons. The number of guanidine groups is 1. The van der Waals surface area contributed by atoms with Gasteiger partial charge in [0.1, 0.15) is 0 Å². The lowest BCUT2D eigenvalue weighted by atomic mass is 10.0. The van der Waals surface area contributed by atoms with Gasteiger partial charge < -0.3 is 24.8 Å². The second-order valence-electron chi connectivity index (χ2n) is 6.38. The predicted octanol–water partition coefficient (Wildman–Crippen LogP) is 1.66. The minimum atomic E-state index is 0.577. The summed E-state index contributed by atoms with van der Waals surface area (Å²) in [6.45, 7) is 10.9. The highest BCUT2D eigenvalue weighted by molar-refractivity contribution is 5.79. The van der Waals surface area contributed by atoms with Crippen LogP contribution < -0.4 is 10.6 Å². The van der Waals surface area contributed by atoms with E-state index in [-0.39, 0.29) is 0 Å². The van der Waals surface area contributed by atoms with Gasteiger partial charge in [-0.2, -0.15) is 0 Å². The monoisotopic (exact) mass is 329 g/mol. The fourth-order valence-corrected chi connectivity index (χ4v) is 2.33. The number of hydrogen-bond donors (Lipinski definition) is 2. The zero-order valence-electron chi connectivity index (χ0n) is 15.1. The Morgan fingerprint density at radius 1 is 1.13 bits per heavy atom. The van der Waals surface area contributed by atoms with Crippen LogP contribution in [0.2, 0.25) is 0 Å². The largest absolute Gasteiger partial charge is 0.381 e. The SMILES string of the molecule is CN=C(NCCCOCC1CCOCC1)NCCOCC(C)C. The summed E-state index contributed by atoms with van der Waals surface area (Å²) in [6.07, 6.45) is 3.25. The minimum absolute atomic E-state index is 0.577. The van der Waals surface area contributed by atoms with E-state index in [0.29, 0.717) is 18.4 Å². The summed E-state index contributed by atoms with van der Waals surface area (Å²) < 4.78 is 16.6. The van der Waals surface area contributed by atoms with Crippen LogP contribution in [0.1, 0.15) is 33.1 Å². The Balaban J connectivity index is 1.91. The number of nitrogens with one attached hydrogen (secondary N) is 2. The number of nitrogens with zero attached hydrogens (tertiary/aromatic N) is 1. The maximum absolute atomic E-state index is 5.75. The van der Waals surface area contributed by atoms with Gasteiger partial charge in [0.05, 0.1) is 6.61 Å². The van der Waals surface area contributed by atoms with Crippen LogP contribution in [0.25, 0.3) is 0 Å². The van der Waals surface area contributed by atoms with Crippen molar-refractivity contribution in [1.82, 2.24) is 10.6 Å². The van der Waals surface area contributed by atoms with Crippen LogP contribution in [-0.4, -0.2) is 65.7 Å². The van der Waals surface area contributed by atoms with Crippen LogP contribution in [-0.2, 0) is 14.2 Å². The van der Waals surface area contributed by atoms with Crippen LogP contribution in [0.3, 0.4) is 0 Å². The van der Waals surface area contributed by atoms with Crippen LogP contribution in [0.4, 0.5) is 0 Å². The fourth-order valence-electron chi connectivity index (χ4n) is 2.33. The molecule has 0 spiro atoms.